The maximum atomic E-state index is 6.22. The van der Waals surface area contributed by atoms with E-state index in [4.69, 9.17) is 27.9 Å². The summed E-state index contributed by atoms with van der Waals surface area (Å²) < 4.78 is 5.98. The predicted molar refractivity (Wildman–Crippen MR) is 80.5 cm³/mol. The molecule has 0 saturated carbocycles. The first kappa shape index (κ1) is 14.9. The molecule has 1 N–H and O–H groups in total. The quantitative estimate of drug-likeness (QED) is 0.923. The predicted octanol–water partition coefficient (Wildman–Crippen LogP) is 3.36. The van der Waals surface area contributed by atoms with Gasteiger partial charge in [-0.25, -0.2) is 0 Å². The molecule has 0 amide bonds. The monoisotopic (exact) mass is 302 g/mol. The van der Waals surface area contributed by atoms with Crippen LogP contribution in [0.3, 0.4) is 0 Å². The molecule has 19 heavy (non-hydrogen) atoms. The van der Waals surface area contributed by atoms with E-state index >= 15 is 0 Å². The van der Waals surface area contributed by atoms with Crippen molar-refractivity contribution in [3.63, 3.8) is 0 Å². The summed E-state index contributed by atoms with van der Waals surface area (Å²) in [5.74, 6) is 0.710. The minimum atomic E-state index is -0.330. The van der Waals surface area contributed by atoms with Gasteiger partial charge >= 0.3 is 0 Å². The summed E-state index contributed by atoms with van der Waals surface area (Å²) in [4.78, 5) is 2.14. The highest BCUT2D eigenvalue weighted by molar-refractivity contribution is 6.43. The Labute approximate surface area is 124 Å². The second-order valence-corrected chi connectivity index (χ2v) is 6.46. The number of nitrogens with one attached hydrogen (secondary N) is 1. The molecule has 3 nitrogen and oxygen atoms in total. The molecule has 1 unspecified atom stereocenters. The number of hydrogen-bond acceptors (Lipinski definition) is 3. The number of halogens is 2. The van der Waals surface area contributed by atoms with Crippen LogP contribution in [0.25, 0.3) is 0 Å². The third-order valence-electron chi connectivity index (χ3n) is 3.36. The fourth-order valence-corrected chi connectivity index (χ4v) is 2.72. The summed E-state index contributed by atoms with van der Waals surface area (Å²) in [5.41, 5.74) is 0.751. The zero-order valence-electron chi connectivity index (χ0n) is 11.8. The molecule has 0 aliphatic carbocycles. The Hall–Kier alpha value is -0.480. The molecule has 1 aliphatic rings. The van der Waals surface area contributed by atoms with Crippen LogP contribution in [-0.4, -0.2) is 37.7 Å². The van der Waals surface area contributed by atoms with E-state index in [-0.39, 0.29) is 11.6 Å². The van der Waals surface area contributed by atoms with Crippen molar-refractivity contribution in [3.8, 4) is 5.75 Å². The van der Waals surface area contributed by atoms with Gasteiger partial charge in [0.1, 0.15) is 16.4 Å². The first-order valence-corrected chi connectivity index (χ1v) is 7.13. The molecule has 0 radical (unpaired) electrons. The van der Waals surface area contributed by atoms with Crippen molar-refractivity contribution in [2.45, 2.75) is 25.5 Å². The minimum Gasteiger partial charge on any atom is -0.484 e. The number of rotatable bonds is 4. The second kappa shape index (κ2) is 5.49. The molecule has 2 rings (SSSR count). The van der Waals surface area contributed by atoms with Crippen LogP contribution >= 0.6 is 23.2 Å². The van der Waals surface area contributed by atoms with Crippen LogP contribution in [0.5, 0.6) is 5.75 Å². The first-order chi connectivity index (χ1) is 8.83. The molecule has 106 valence electrons. The number of fused-ring (bicyclic) bond motifs is 1. The Kier molecular flexibility index (Phi) is 4.31. The van der Waals surface area contributed by atoms with Gasteiger partial charge in [-0.1, -0.05) is 29.3 Å². The highest BCUT2D eigenvalue weighted by atomic mass is 35.5. The lowest BCUT2D eigenvalue weighted by atomic mass is 9.94. The van der Waals surface area contributed by atoms with Crippen LogP contribution in [0, 0.1) is 0 Å². The fraction of sp³-hybridized carbons (Fsp3) is 0.571. The zero-order valence-corrected chi connectivity index (χ0v) is 13.3. The van der Waals surface area contributed by atoms with E-state index < -0.39 is 0 Å². The summed E-state index contributed by atoms with van der Waals surface area (Å²) in [6, 6.07) is 3.94. The SMILES string of the molecule is CN(C)CCNC1c2ccc(Cl)c(Cl)c2OC1(C)C. The average Bonchev–Trinajstić information content (AvgIpc) is 2.56. The smallest absolute Gasteiger partial charge is 0.145 e. The number of hydrogen-bond donors (Lipinski definition) is 1. The van der Waals surface area contributed by atoms with Crippen molar-refractivity contribution >= 4 is 23.2 Å². The highest BCUT2D eigenvalue weighted by Gasteiger charge is 2.42. The van der Waals surface area contributed by atoms with Crippen LogP contribution in [0.4, 0.5) is 0 Å². The Balaban J connectivity index is 2.22. The van der Waals surface area contributed by atoms with Crippen molar-refractivity contribution in [2.75, 3.05) is 27.2 Å². The van der Waals surface area contributed by atoms with E-state index in [0.29, 0.717) is 15.8 Å². The van der Waals surface area contributed by atoms with Crippen LogP contribution in [-0.2, 0) is 0 Å². The van der Waals surface area contributed by atoms with Gasteiger partial charge in [0.25, 0.3) is 0 Å². The van der Waals surface area contributed by atoms with Gasteiger partial charge in [0.15, 0.2) is 0 Å². The normalized spacial score (nSPS) is 20.5. The maximum absolute atomic E-state index is 6.22. The average molecular weight is 303 g/mol. The Bertz CT molecular complexity index is 475. The van der Waals surface area contributed by atoms with Crippen molar-refractivity contribution < 1.29 is 4.74 Å². The van der Waals surface area contributed by atoms with Crippen LogP contribution in [0.2, 0.25) is 10.0 Å². The Morgan fingerprint density at radius 3 is 2.63 bits per heavy atom. The number of benzene rings is 1. The van der Waals surface area contributed by atoms with Gasteiger partial charge in [-0.3, -0.25) is 0 Å². The van der Waals surface area contributed by atoms with E-state index in [1.165, 1.54) is 0 Å². The molecule has 0 fully saturated rings. The molecule has 0 saturated heterocycles. The van der Waals surface area contributed by atoms with E-state index in [1.807, 2.05) is 12.1 Å². The Morgan fingerprint density at radius 1 is 1.32 bits per heavy atom. The molecular weight excluding hydrogens is 283 g/mol. The maximum Gasteiger partial charge on any atom is 0.145 e. The lowest BCUT2D eigenvalue weighted by molar-refractivity contribution is 0.0958. The van der Waals surface area contributed by atoms with Crippen molar-refractivity contribution in [1.29, 1.82) is 0 Å². The van der Waals surface area contributed by atoms with Crippen LogP contribution in [0.1, 0.15) is 25.5 Å². The number of nitrogens with zero attached hydrogens (tertiary/aromatic N) is 1. The van der Waals surface area contributed by atoms with Gasteiger partial charge in [0, 0.05) is 18.7 Å². The summed E-state index contributed by atoms with van der Waals surface area (Å²) in [7, 11) is 4.12. The lowest BCUT2D eigenvalue weighted by Crippen LogP contribution is -2.41. The summed E-state index contributed by atoms with van der Waals surface area (Å²) in [6.07, 6.45) is 0. The van der Waals surface area contributed by atoms with Gasteiger partial charge in [-0.2, -0.15) is 0 Å². The van der Waals surface area contributed by atoms with Gasteiger partial charge in [-0.05, 0) is 34.0 Å². The lowest BCUT2D eigenvalue weighted by Gasteiger charge is -2.27. The second-order valence-electron chi connectivity index (χ2n) is 5.68. The third-order valence-corrected chi connectivity index (χ3v) is 4.15. The van der Waals surface area contributed by atoms with E-state index in [9.17, 15) is 0 Å². The minimum absolute atomic E-state index is 0.122. The fourth-order valence-electron chi connectivity index (χ4n) is 2.36. The Morgan fingerprint density at radius 2 is 2.00 bits per heavy atom. The van der Waals surface area contributed by atoms with Crippen LogP contribution in [0.15, 0.2) is 12.1 Å². The zero-order chi connectivity index (χ0) is 14.2. The summed E-state index contributed by atoms with van der Waals surface area (Å²) in [5, 5.41) is 4.57. The number of ether oxygens (including phenoxy) is 1. The summed E-state index contributed by atoms with van der Waals surface area (Å²) in [6.45, 7) is 5.99. The largest absolute Gasteiger partial charge is 0.484 e. The molecular formula is C14H20Cl2N2O. The molecule has 1 aromatic rings. The molecule has 0 bridgehead atoms. The molecule has 5 heteroatoms. The van der Waals surface area contributed by atoms with Crippen molar-refractivity contribution in [1.82, 2.24) is 10.2 Å². The molecule has 0 spiro atoms. The van der Waals surface area contributed by atoms with Crippen LogP contribution < -0.4 is 10.1 Å². The molecule has 1 heterocycles. The van der Waals surface area contributed by atoms with Gasteiger partial charge in [0.05, 0.1) is 11.1 Å². The molecule has 1 aromatic carbocycles. The third kappa shape index (κ3) is 3.00. The van der Waals surface area contributed by atoms with E-state index in [1.54, 1.807) is 0 Å². The van der Waals surface area contributed by atoms with Crippen molar-refractivity contribution in [3.05, 3.63) is 27.7 Å². The summed E-state index contributed by atoms with van der Waals surface area (Å²) >= 11 is 12.3. The van der Waals surface area contributed by atoms with Crippen molar-refractivity contribution in [2.24, 2.45) is 0 Å². The molecule has 1 atom stereocenters. The van der Waals surface area contributed by atoms with E-state index in [2.05, 4.69) is 38.2 Å². The van der Waals surface area contributed by atoms with Gasteiger partial charge < -0.3 is 15.0 Å². The topological polar surface area (TPSA) is 24.5 Å². The van der Waals surface area contributed by atoms with E-state index in [0.717, 1.165) is 18.7 Å². The first-order valence-electron chi connectivity index (χ1n) is 6.38. The number of likely N-dealkylation sites (N-methyl/N-ethyl adjacent to an activating group) is 1. The highest BCUT2D eigenvalue weighted by Crippen LogP contribution is 2.48. The standard InChI is InChI=1S/C14H20Cl2N2O/c1-14(2)13(17-7-8-18(3)4)9-5-6-10(15)11(16)12(9)19-14/h5-6,13,17H,7-8H2,1-4H3. The molecule has 0 aromatic heterocycles. The molecule has 1 aliphatic heterocycles. The van der Waals surface area contributed by atoms with Gasteiger partial charge in [-0.15, -0.1) is 0 Å². The van der Waals surface area contributed by atoms with Gasteiger partial charge in [0.2, 0.25) is 0 Å².